The van der Waals surface area contributed by atoms with E-state index in [9.17, 15) is 8.78 Å². The summed E-state index contributed by atoms with van der Waals surface area (Å²) in [5.74, 6) is -1.34. The van der Waals surface area contributed by atoms with E-state index in [1.165, 1.54) is 25.4 Å². The Bertz CT molecular complexity index is 558. The lowest BCUT2D eigenvalue weighted by atomic mass is 10.1. The molecule has 0 radical (unpaired) electrons. The average molecular weight is 236 g/mol. The molecule has 0 bridgehead atoms. The number of hydrogen-bond acceptors (Lipinski definition) is 3. The van der Waals surface area contributed by atoms with E-state index in [1.54, 1.807) is 6.07 Å². The number of halogens is 2. The van der Waals surface area contributed by atoms with Crippen LogP contribution in [0.2, 0.25) is 0 Å². The normalized spacial score (nSPS) is 10.3. The Kier molecular flexibility index (Phi) is 2.91. The van der Waals surface area contributed by atoms with Gasteiger partial charge in [0.1, 0.15) is 0 Å². The van der Waals surface area contributed by atoms with Crippen LogP contribution < -0.4 is 10.5 Å². The molecule has 0 aliphatic carbocycles. The molecule has 2 N–H and O–H groups in total. The van der Waals surface area contributed by atoms with Crippen LogP contribution in [0.15, 0.2) is 30.5 Å². The molecule has 0 saturated heterocycles. The summed E-state index contributed by atoms with van der Waals surface area (Å²) >= 11 is 0. The second-order valence-electron chi connectivity index (χ2n) is 3.41. The molecule has 3 nitrogen and oxygen atoms in total. The number of benzene rings is 1. The topological polar surface area (TPSA) is 48.1 Å². The largest absolute Gasteiger partial charge is 0.494 e. The first-order valence-corrected chi connectivity index (χ1v) is 4.87. The average Bonchev–Trinajstić information content (AvgIpc) is 2.33. The fourth-order valence-electron chi connectivity index (χ4n) is 1.49. The number of ether oxygens (including phenoxy) is 1. The Morgan fingerprint density at radius 1 is 1.29 bits per heavy atom. The van der Waals surface area contributed by atoms with Gasteiger partial charge in [-0.05, 0) is 12.1 Å². The molecule has 0 fully saturated rings. The first kappa shape index (κ1) is 11.3. The van der Waals surface area contributed by atoms with E-state index in [4.69, 9.17) is 10.5 Å². The first-order valence-electron chi connectivity index (χ1n) is 4.87. The third-order valence-corrected chi connectivity index (χ3v) is 2.36. The fourth-order valence-corrected chi connectivity index (χ4v) is 1.49. The second-order valence-corrected chi connectivity index (χ2v) is 3.41. The van der Waals surface area contributed by atoms with E-state index in [-0.39, 0.29) is 17.1 Å². The quantitative estimate of drug-likeness (QED) is 0.871. The van der Waals surface area contributed by atoms with Gasteiger partial charge < -0.3 is 10.5 Å². The van der Waals surface area contributed by atoms with Gasteiger partial charge in [0.2, 0.25) is 0 Å². The van der Waals surface area contributed by atoms with Gasteiger partial charge in [-0.1, -0.05) is 12.1 Å². The number of nitrogen functional groups attached to an aromatic ring is 1. The molecule has 2 aromatic rings. The minimum atomic E-state index is -0.676. The van der Waals surface area contributed by atoms with Gasteiger partial charge in [-0.15, -0.1) is 0 Å². The highest BCUT2D eigenvalue weighted by atomic mass is 19.1. The number of rotatable bonds is 2. The molecule has 1 aromatic heterocycles. The maximum absolute atomic E-state index is 13.9. The lowest BCUT2D eigenvalue weighted by molar-refractivity contribution is 0.387. The van der Waals surface area contributed by atoms with Crippen molar-refractivity contribution in [3.63, 3.8) is 0 Å². The summed E-state index contributed by atoms with van der Waals surface area (Å²) < 4.78 is 32.0. The van der Waals surface area contributed by atoms with Crippen LogP contribution in [-0.4, -0.2) is 12.1 Å². The highest BCUT2D eigenvalue weighted by Gasteiger charge is 2.12. The summed E-state index contributed by atoms with van der Waals surface area (Å²) in [6.07, 6.45) is 1.32. The van der Waals surface area contributed by atoms with Crippen LogP contribution >= 0.6 is 0 Å². The lowest BCUT2D eigenvalue weighted by Gasteiger charge is -2.07. The summed E-state index contributed by atoms with van der Waals surface area (Å²) in [6.45, 7) is 0. The van der Waals surface area contributed by atoms with Gasteiger partial charge in [-0.3, -0.25) is 0 Å². The summed E-state index contributed by atoms with van der Waals surface area (Å²) in [5, 5.41) is 0. The van der Waals surface area contributed by atoms with Crippen LogP contribution in [-0.2, 0) is 0 Å². The van der Waals surface area contributed by atoms with Gasteiger partial charge in [0.15, 0.2) is 23.2 Å². The highest BCUT2D eigenvalue weighted by Crippen LogP contribution is 2.29. The Hall–Kier alpha value is -2.17. The zero-order valence-electron chi connectivity index (χ0n) is 9.08. The molecule has 0 atom stereocenters. The Labute approximate surface area is 96.9 Å². The van der Waals surface area contributed by atoms with Crippen molar-refractivity contribution in [1.29, 1.82) is 0 Å². The van der Waals surface area contributed by atoms with Crippen LogP contribution in [0.4, 0.5) is 14.6 Å². The number of nitrogens with two attached hydrogens (primary N) is 1. The Morgan fingerprint density at radius 3 is 2.71 bits per heavy atom. The summed E-state index contributed by atoms with van der Waals surface area (Å²) in [4.78, 5) is 3.65. The summed E-state index contributed by atoms with van der Waals surface area (Å²) in [6, 6.07) is 5.76. The molecule has 0 saturated carbocycles. The van der Waals surface area contributed by atoms with Crippen molar-refractivity contribution < 1.29 is 13.5 Å². The third-order valence-electron chi connectivity index (χ3n) is 2.36. The van der Waals surface area contributed by atoms with Crippen LogP contribution in [0.5, 0.6) is 5.75 Å². The molecule has 0 amide bonds. The number of hydrogen-bond donors (Lipinski definition) is 1. The number of methoxy groups -OCH3 is 1. The van der Waals surface area contributed by atoms with Gasteiger partial charge in [0.25, 0.3) is 0 Å². The number of anilines is 1. The van der Waals surface area contributed by atoms with Gasteiger partial charge >= 0.3 is 0 Å². The maximum Gasteiger partial charge on any atom is 0.172 e. The van der Waals surface area contributed by atoms with E-state index >= 15 is 0 Å². The molecule has 0 unspecified atom stereocenters. The number of nitrogens with zero attached hydrogens (tertiary/aromatic N) is 1. The van der Waals surface area contributed by atoms with Crippen LogP contribution in [0, 0.1) is 11.6 Å². The minimum absolute atomic E-state index is 0.0970. The molecule has 0 aliphatic rings. The first-order chi connectivity index (χ1) is 8.13. The molecule has 17 heavy (non-hydrogen) atoms. The van der Waals surface area contributed by atoms with Crippen LogP contribution in [0.25, 0.3) is 11.1 Å². The molecule has 2 rings (SSSR count). The molecule has 88 valence electrons. The molecule has 1 heterocycles. The van der Waals surface area contributed by atoms with Gasteiger partial charge in [0.05, 0.1) is 7.11 Å². The van der Waals surface area contributed by atoms with E-state index in [0.717, 1.165) is 6.07 Å². The monoisotopic (exact) mass is 236 g/mol. The van der Waals surface area contributed by atoms with Crippen LogP contribution in [0.3, 0.4) is 0 Å². The Balaban J connectivity index is 2.56. The predicted molar refractivity (Wildman–Crippen MR) is 60.6 cm³/mol. The smallest absolute Gasteiger partial charge is 0.172 e. The molecule has 5 heteroatoms. The summed E-state index contributed by atoms with van der Waals surface area (Å²) in [7, 11) is 1.37. The van der Waals surface area contributed by atoms with E-state index < -0.39 is 11.6 Å². The number of pyridine rings is 1. The van der Waals surface area contributed by atoms with Gasteiger partial charge in [-0.25, -0.2) is 13.8 Å². The second kappa shape index (κ2) is 4.37. The SMILES string of the molecule is COc1cccc(-c2cnc(N)c(F)c2)c1F. The van der Waals surface area contributed by atoms with Gasteiger partial charge in [-0.2, -0.15) is 0 Å². The molecule has 0 aliphatic heterocycles. The molecule has 1 aromatic carbocycles. The van der Waals surface area contributed by atoms with Crippen molar-refractivity contribution in [2.75, 3.05) is 12.8 Å². The van der Waals surface area contributed by atoms with Crippen molar-refractivity contribution in [3.8, 4) is 16.9 Å². The predicted octanol–water partition coefficient (Wildman–Crippen LogP) is 2.62. The molecular formula is C12H10F2N2O. The number of aromatic nitrogens is 1. The minimum Gasteiger partial charge on any atom is -0.494 e. The summed E-state index contributed by atoms with van der Waals surface area (Å²) in [5.41, 5.74) is 5.79. The fraction of sp³-hybridized carbons (Fsp3) is 0.0833. The third kappa shape index (κ3) is 2.04. The van der Waals surface area contributed by atoms with Crippen molar-refractivity contribution in [2.24, 2.45) is 0 Å². The zero-order chi connectivity index (χ0) is 12.4. The highest BCUT2D eigenvalue weighted by molar-refractivity contribution is 5.66. The van der Waals surface area contributed by atoms with Crippen molar-refractivity contribution in [2.45, 2.75) is 0 Å². The molecular weight excluding hydrogens is 226 g/mol. The maximum atomic E-state index is 13.9. The standard InChI is InChI=1S/C12H10F2N2O/c1-17-10-4-2-3-8(11(10)14)7-5-9(13)12(15)16-6-7/h2-6H,1H3,(H2,15,16). The van der Waals surface area contributed by atoms with Crippen LogP contribution in [0.1, 0.15) is 0 Å². The molecule has 0 spiro atoms. The van der Waals surface area contributed by atoms with Crippen molar-refractivity contribution in [1.82, 2.24) is 4.98 Å². The Morgan fingerprint density at radius 2 is 2.06 bits per heavy atom. The van der Waals surface area contributed by atoms with E-state index in [0.29, 0.717) is 5.56 Å². The van der Waals surface area contributed by atoms with Gasteiger partial charge in [0, 0.05) is 17.3 Å². The van der Waals surface area contributed by atoms with E-state index in [2.05, 4.69) is 4.98 Å². The van der Waals surface area contributed by atoms with Crippen molar-refractivity contribution in [3.05, 3.63) is 42.1 Å². The zero-order valence-corrected chi connectivity index (χ0v) is 9.08. The lowest BCUT2D eigenvalue weighted by Crippen LogP contribution is -1.96. The van der Waals surface area contributed by atoms with Crippen molar-refractivity contribution >= 4 is 5.82 Å². The van der Waals surface area contributed by atoms with E-state index in [1.807, 2.05) is 0 Å².